The lowest BCUT2D eigenvalue weighted by molar-refractivity contribution is -0.139. The fourth-order valence-corrected chi connectivity index (χ4v) is 1.47. The van der Waals surface area contributed by atoms with Crippen molar-refractivity contribution in [3.8, 4) is 6.07 Å². The predicted molar refractivity (Wildman–Crippen MR) is 56.9 cm³/mol. The van der Waals surface area contributed by atoms with Gasteiger partial charge < -0.3 is 4.74 Å². The zero-order valence-corrected chi connectivity index (χ0v) is 9.39. The zero-order chi connectivity index (χ0) is 11.4. The highest BCUT2D eigenvalue weighted by atomic mass is 35.5. The highest BCUT2D eigenvalue weighted by Gasteiger charge is 2.13. The van der Waals surface area contributed by atoms with Gasteiger partial charge in [-0.3, -0.25) is 4.79 Å². The van der Waals surface area contributed by atoms with Gasteiger partial charge in [-0.15, -0.1) is 0 Å². The quantitative estimate of drug-likeness (QED) is 0.751. The molecule has 0 aliphatic rings. The summed E-state index contributed by atoms with van der Waals surface area (Å²) in [5.41, 5.74) is 0.730. The monoisotopic (exact) mass is 243 g/mol. The van der Waals surface area contributed by atoms with Gasteiger partial charge in [0.2, 0.25) is 0 Å². The van der Waals surface area contributed by atoms with Crippen molar-refractivity contribution in [1.82, 2.24) is 0 Å². The van der Waals surface area contributed by atoms with E-state index in [1.54, 1.807) is 12.1 Å². The maximum absolute atomic E-state index is 11.0. The van der Waals surface area contributed by atoms with Crippen molar-refractivity contribution in [2.75, 3.05) is 7.11 Å². The Balaban J connectivity index is 3.15. The summed E-state index contributed by atoms with van der Waals surface area (Å²) < 4.78 is 4.50. The first kappa shape index (κ1) is 11.8. The van der Waals surface area contributed by atoms with Crippen molar-refractivity contribution in [3.05, 3.63) is 33.3 Å². The van der Waals surface area contributed by atoms with Gasteiger partial charge in [0.05, 0.1) is 29.1 Å². The predicted octanol–water partition coefficient (Wildman–Crippen LogP) is 2.58. The molecule has 0 saturated carbocycles. The summed E-state index contributed by atoms with van der Waals surface area (Å²) in [5.74, 6) is -0.426. The fraction of sp³-hybridized carbons (Fsp3) is 0.200. The smallest absolute Gasteiger partial charge is 0.310 e. The van der Waals surface area contributed by atoms with Gasteiger partial charge in [-0.05, 0) is 11.6 Å². The average molecular weight is 244 g/mol. The molecule has 5 heteroatoms. The van der Waals surface area contributed by atoms with Crippen LogP contribution in [0.15, 0.2) is 12.1 Å². The van der Waals surface area contributed by atoms with E-state index in [2.05, 4.69) is 4.74 Å². The Morgan fingerprint density at radius 2 is 2.20 bits per heavy atom. The molecular weight excluding hydrogens is 237 g/mol. The van der Waals surface area contributed by atoms with Gasteiger partial charge in [0.25, 0.3) is 0 Å². The summed E-state index contributed by atoms with van der Waals surface area (Å²) in [6.07, 6.45) is 0.0102. The number of hydrogen-bond acceptors (Lipinski definition) is 3. The molecule has 15 heavy (non-hydrogen) atoms. The van der Waals surface area contributed by atoms with Crippen LogP contribution >= 0.6 is 23.2 Å². The lowest BCUT2D eigenvalue weighted by Crippen LogP contribution is -2.06. The number of carbonyl (C=O) groups excluding carboxylic acids is 1. The molecule has 0 spiro atoms. The Morgan fingerprint density at radius 3 is 2.73 bits per heavy atom. The molecule has 0 fully saturated rings. The highest BCUT2D eigenvalue weighted by Crippen LogP contribution is 2.28. The molecule has 3 nitrogen and oxygen atoms in total. The minimum Gasteiger partial charge on any atom is -0.469 e. The summed E-state index contributed by atoms with van der Waals surface area (Å²) in [6, 6.07) is 5.04. The van der Waals surface area contributed by atoms with Crippen molar-refractivity contribution >= 4 is 29.2 Å². The van der Waals surface area contributed by atoms with E-state index in [0.717, 1.165) is 0 Å². The minimum atomic E-state index is -0.426. The number of rotatable bonds is 2. The van der Waals surface area contributed by atoms with Crippen molar-refractivity contribution in [3.63, 3.8) is 0 Å². The molecule has 0 bridgehead atoms. The molecule has 0 radical (unpaired) electrons. The molecule has 78 valence electrons. The molecule has 0 atom stereocenters. The van der Waals surface area contributed by atoms with Gasteiger partial charge in [0.15, 0.2) is 0 Å². The second kappa shape index (κ2) is 5.01. The number of nitrogens with zero attached hydrogens (tertiary/aromatic N) is 1. The first-order chi connectivity index (χ1) is 7.10. The largest absolute Gasteiger partial charge is 0.469 e. The summed E-state index contributed by atoms with van der Waals surface area (Å²) >= 11 is 11.6. The van der Waals surface area contributed by atoms with Crippen LogP contribution < -0.4 is 0 Å². The lowest BCUT2D eigenvalue weighted by atomic mass is 10.1. The third-order valence-corrected chi connectivity index (χ3v) is 2.66. The fourth-order valence-electron chi connectivity index (χ4n) is 1.09. The highest BCUT2D eigenvalue weighted by molar-refractivity contribution is 6.42. The standard InChI is InChI=1S/C10H7Cl2NO2/c1-15-9(14)4-6-2-3-8(11)10(12)7(6)5-13/h2-3H,4H2,1H3. The molecule has 0 aliphatic carbocycles. The number of benzene rings is 1. The SMILES string of the molecule is COC(=O)Cc1ccc(Cl)c(Cl)c1C#N. The second-order valence-electron chi connectivity index (χ2n) is 2.76. The number of halogens is 2. The third kappa shape index (κ3) is 2.62. The number of esters is 1. The van der Waals surface area contributed by atoms with Crippen LogP contribution in [0.4, 0.5) is 0 Å². The molecule has 0 aliphatic heterocycles. The van der Waals surface area contributed by atoms with E-state index < -0.39 is 5.97 Å². The minimum absolute atomic E-state index is 0.0102. The van der Waals surface area contributed by atoms with E-state index in [4.69, 9.17) is 28.5 Å². The lowest BCUT2D eigenvalue weighted by Gasteiger charge is -2.05. The van der Waals surface area contributed by atoms with E-state index >= 15 is 0 Å². The van der Waals surface area contributed by atoms with Gasteiger partial charge in [0.1, 0.15) is 6.07 Å². The topological polar surface area (TPSA) is 50.1 Å². The van der Waals surface area contributed by atoms with Crippen LogP contribution in [-0.2, 0) is 16.0 Å². The van der Waals surface area contributed by atoms with Gasteiger partial charge in [-0.2, -0.15) is 5.26 Å². The summed E-state index contributed by atoms with van der Waals surface area (Å²) in [5, 5.41) is 9.32. The van der Waals surface area contributed by atoms with E-state index in [1.165, 1.54) is 7.11 Å². The van der Waals surface area contributed by atoms with Crippen LogP contribution in [0.2, 0.25) is 10.0 Å². The Labute approximate surface area is 97.2 Å². The van der Waals surface area contributed by atoms with E-state index in [0.29, 0.717) is 10.6 Å². The van der Waals surface area contributed by atoms with E-state index in [9.17, 15) is 4.79 Å². The van der Waals surface area contributed by atoms with Crippen molar-refractivity contribution < 1.29 is 9.53 Å². The molecule has 0 aromatic heterocycles. The number of ether oxygens (including phenoxy) is 1. The van der Waals surface area contributed by atoms with Crippen molar-refractivity contribution in [2.24, 2.45) is 0 Å². The number of carbonyl (C=O) groups is 1. The second-order valence-corrected chi connectivity index (χ2v) is 3.55. The van der Waals surface area contributed by atoms with Gasteiger partial charge in [0, 0.05) is 0 Å². The summed E-state index contributed by atoms with van der Waals surface area (Å²) in [7, 11) is 1.28. The van der Waals surface area contributed by atoms with Crippen molar-refractivity contribution in [2.45, 2.75) is 6.42 Å². The van der Waals surface area contributed by atoms with Crippen LogP contribution in [0.25, 0.3) is 0 Å². The molecule has 1 aromatic rings. The average Bonchev–Trinajstić information content (AvgIpc) is 2.24. The Bertz CT molecular complexity index is 438. The normalized spacial score (nSPS) is 9.47. The Morgan fingerprint density at radius 1 is 1.53 bits per heavy atom. The number of methoxy groups -OCH3 is 1. The van der Waals surface area contributed by atoms with Crippen molar-refractivity contribution in [1.29, 1.82) is 5.26 Å². The van der Waals surface area contributed by atoms with Crippen LogP contribution in [0, 0.1) is 11.3 Å². The van der Waals surface area contributed by atoms with Gasteiger partial charge >= 0.3 is 5.97 Å². The molecule has 0 unspecified atom stereocenters. The summed E-state index contributed by atoms with van der Waals surface area (Å²) in [6.45, 7) is 0. The molecule has 0 amide bonds. The molecule has 0 saturated heterocycles. The first-order valence-corrected chi connectivity index (χ1v) is 4.79. The first-order valence-electron chi connectivity index (χ1n) is 4.04. The number of hydrogen-bond donors (Lipinski definition) is 0. The van der Waals surface area contributed by atoms with Crippen LogP contribution in [0.1, 0.15) is 11.1 Å². The van der Waals surface area contributed by atoms with E-state index in [-0.39, 0.29) is 17.0 Å². The Hall–Kier alpha value is -1.24. The van der Waals surface area contributed by atoms with Crippen LogP contribution in [0.3, 0.4) is 0 Å². The molecule has 0 N–H and O–H groups in total. The third-order valence-electron chi connectivity index (χ3n) is 1.86. The number of nitriles is 1. The van der Waals surface area contributed by atoms with Crippen LogP contribution in [-0.4, -0.2) is 13.1 Å². The molecule has 0 heterocycles. The van der Waals surface area contributed by atoms with Gasteiger partial charge in [-0.1, -0.05) is 29.3 Å². The van der Waals surface area contributed by atoms with Gasteiger partial charge in [-0.25, -0.2) is 0 Å². The molecule has 1 rings (SSSR count). The van der Waals surface area contributed by atoms with E-state index in [1.807, 2.05) is 6.07 Å². The maximum atomic E-state index is 11.0. The molecule has 1 aromatic carbocycles. The van der Waals surface area contributed by atoms with Crippen LogP contribution in [0.5, 0.6) is 0 Å². The Kier molecular flexibility index (Phi) is 3.96. The summed E-state index contributed by atoms with van der Waals surface area (Å²) in [4.78, 5) is 11.0. The maximum Gasteiger partial charge on any atom is 0.310 e. The zero-order valence-electron chi connectivity index (χ0n) is 7.88. The molecular formula is C10H7Cl2NO2.